The number of aryl methyl sites for hydroxylation is 1. The number of ether oxygens (including phenoxy) is 1. The molecule has 2 aromatic heterocycles. The number of hydrogen-bond donors (Lipinski definition) is 1. The summed E-state index contributed by atoms with van der Waals surface area (Å²) in [6.07, 6.45) is 7.00. The summed E-state index contributed by atoms with van der Waals surface area (Å²) in [5, 5.41) is 0. The number of amides is 1. The molecule has 0 aromatic carbocycles. The van der Waals surface area contributed by atoms with Crippen LogP contribution in [0.1, 0.15) is 76.9 Å². The molecule has 146 valence electrons. The number of nitrogens with one attached hydrogen (secondary N) is 1. The third kappa shape index (κ3) is 4.10. The van der Waals surface area contributed by atoms with Gasteiger partial charge < -0.3 is 19.0 Å². The van der Waals surface area contributed by atoms with E-state index in [-0.39, 0.29) is 17.9 Å². The van der Waals surface area contributed by atoms with E-state index in [1.54, 1.807) is 19.1 Å². The van der Waals surface area contributed by atoms with Gasteiger partial charge in [-0.3, -0.25) is 4.79 Å². The van der Waals surface area contributed by atoms with Crippen molar-refractivity contribution in [2.24, 2.45) is 0 Å². The summed E-state index contributed by atoms with van der Waals surface area (Å²) < 4.78 is 10.5. The molecule has 2 heterocycles. The summed E-state index contributed by atoms with van der Waals surface area (Å²) in [5.41, 5.74) is 3.18. The Morgan fingerprint density at radius 1 is 1.26 bits per heavy atom. The Bertz CT molecular complexity index is 785. The fourth-order valence-electron chi connectivity index (χ4n) is 3.90. The zero-order valence-electron chi connectivity index (χ0n) is 16.3. The first kappa shape index (κ1) is 19.3. The molecule has 1 fully saturated rings. The molecule has 0 bridgehead atoms. The zero-order chi connectivity index (χ0) is 19.4. The predicted molar refractivity (Wildman–Crippen MR) is 102 cm³/mol. The van der Waals surface area contributed by atoms with E-state index in [0.29, 0.717) is 24.6 Å². The Morgan fingerprint density at radius 3 is 2.63 bits per heavy atom. The van der Waals surface area contributed by atoms with E-state index < -0.39 is 0 Å². The van der Waals surface area contributed by atoms with Crippen molar-refractivity contribution in [1.29, 1.82) is 0 Å². The SMILES string of the molecule is CCOC(=O)c1[nH]c(C)c(CN(C(=O)c2ccco2)C2CCCCC2)c1C. The summed E-state index contributed by atoms with van der Waals surface area (Å²) in [6, 6.07) is 3.63. The van der Waals surface area contributed by atoms with Gasteiger partial charge >= 0.3 is 5.97 Å². The van der Waals surface area contributed by atoms with E-state index in [0.717, 1.165) is 42.5 Å². The second-order valence-electron chi connectivity index (χ2n) is 7.15. The van der Waals surface area contributed by atoms with E-state index in [4.69, 9.17) is 9.15 Å². The van der Waals surface area contributed by atoms with Gasteiger partial charge in [0.2, 0.25) is 0 Å². The molecule has 1 aliphatic carbocycles. The van der Waals surface area contributed by atoms with Gasteiger partial charge in [-0.2, -0.15) is 0 Å². The smallest absolute Gasteiger partial charge is 0.355 e. The van der Waals surface area contributed by atoms with E-state index >= 15 is 0 Å². The molecule has 1 amide bonds. The van der Waals surface area contributed by atoms with Gasteiger partial charge in [0.25, 0.3) is 5.91 Å². The molecule has 2 aromatic rings. The van der Waals surface area contributed by atoms with Crippen LogP contribution in [-0.2, 0) is 11.3 Å². The molecule has 3 rings (SSSR count). The first-order valence-corrected chi connectivity index (χ1v) is 9.72. The second-order valence-corrected chi connectivity index (χ2v) is 7.15. The predicted octanol–water partition coefficient (Wildman–Crippen LogP) is 4.38. The van der Waals surface area contributed by atoms with Gasteiger partial charge in [0, 0.05) is 18.3 Å². The highest BCUT2D eigenvalue weighted by molar-refractivity contribution is 5.92. The van der Waals surface area contributed by atoms with Gasteiger partial charge in [-0.1, -0.05) is 19.3 Å². The maximum atomic E-state index is 13.1. The lowest BCUT2D eigenvalue weighted by molar-refractivity contribution is 0.0519. The maximum Gasteiger partial charge on any atom is 0.355 e. The number of carbonyl (C=O) groups is 2. The molecule has 0 saturated heterocycles. The lowest BCUT2D eigenvalue weighted by atomic mass is 9.93. The summed E-state index contributed by atoms with van der Waals surface area (Å²) >= 11 is 0. The van der Waals surface area contributed by atoms with Gasteiger partial charge in [-0.25, -0.2) is 4.79 Å². The van der Waals surface area contributed by atoms with Crippen molar-refractivity contribution in [3.05, 3.63) is 46.7 Å². The molecular formula is C21H28N2O4. The van der Waals surface area contributed by atoms with E-state index in [1.807, 2.05) is 18.7 Å². The maximum absolute atomic E-state index is 13.1. The highest BCUT2D eigenvalue weighted by Gasteiger charge is 2.30. The minimum atomic E-state index is -0.356. The molecule has 1 saturated carbocycles. The molecule has 27 heavy (non-hydrogen) atoms. The summed E-state index contributed by atoms with van der Waals surface area (Å²) in [6.45, 7) is 6.41. The van der Waals surface area contributed by atoms with Crippen molar-refractivity contribution >= 4 is 11.9 Å². The van der Waals surface area contributed by atoms with Crippen LogP contribution < -0.4 is 0 Å². The van der Waals surface area contributed by atoms with Crippen LogP contribution in [0.4, 0.5) is 0 Å². The quantitative estimate of drug-likeness (QED) is 0.764. The van der Waals surface area contributed by atoms with Gasteiger partial charge in [0.15, 0.2) is 5.76 Å². The Morgan fingerprint density at radius 2 is 2.00 bits per heavy atom. The van der Waals surface area contributed by atoms with E-state index in [2.05, 4.69) is 4.98 Å². The summed E-state index contributed by atoms with van der Waals surface area (Å²) in [4.78, 5) is 30.4. The molecule has 0 aliphatic heterocycles. The molecule has 1 aliphatic rings. The number of H-pyrrole nitrogens is 1. The topological polar surface area (TPSA) is 75.5 Å². The second kappa shape index (κ2) is 8.46. The number of hydrogen-bond acceptors (Lipinski definition) is 4. The normalized spacial score (nSPS) is 14.9. The standard InChI is InChI=1S/C21H28N2O4/c1-4-26-21(25)19-14(2)17(15(3)22-19)13-23(16-9-6-5-7-10-16)20(24)18-11-8-12-27-18/h8,11-12,16,22H,4-7,9-10,13H2,1-3H3. The van der Waals surface area contributed by atoms with Crippen LogP contribution in [-0.4, -0.2) is 34.4 Å². The Hall–Kier alpha value is -2.50. The van der Waals surface area contributed by atoms with Crippen molar-refractivity contribution in [2.75, 3.05) is 6.61 Å². The van der Waals surface area contributed by atoms with Gasteiger partial charge in [0.05, 0.1) is 12.9 Å². The number of furan rings is 1. The van der Waals surface area contributed by atoms with Crippen LogP contribution >= 0.6 is 0 Å². The number of aromatic nitrogens is 1. The molecule has 6 heteroatoms. The third-order valence-corrected chi connectivity index (χ3v) is 5.41. The Labute approximate surface area is 159 Å². The fraction of sp³-hybridized carbons (Fsp3) is 0.524. The fourth-order valence-corrected chi connectivity index (χ4v) is 3.90. The number of aromatic amines is 1. The van der Waals surface area contributed by atoms with Gasteiger partial charge in [0.1, 0.15) is 5.69 Å². The molecule has 0 radical (unpaired) electrons. The number of esters is 1. The highest BCUT2D eigenvalue weighted by Crippen LogP contribution is 2.28. The van der Waals surface area contributed by atoms with Crippen molar-refractivity contribution in [2.45, 2.75) is 65.5 Å². The zero-order valence-corrected chi connectivity index (χ0v) is 16.3. The molecule has 0 spiro atoms. The number of nitrogens with zero attached hydrogens (tertiary/aromatic N) is 1. The number of rotatable bonds is 6. The summed E-state index contributed by atoms with van der Waals surface area (Å²) in [7, 11) is 0. The average molecular weight is 372 g/mol. The average Bonchev–Trinajstić information content (AvgIpc) is 3.30. The number of carbonyl (C=O) groups excluding carboxylic acids is 2. The molecular weight excluding hydrogens is 344 g/mol. The molecule has 6 nitrogen and oxygen atoms in total. The lowest BCUT2D eigenvalue weighted by Gasteiger charge is -2.34. The highest BCUT2D eigenvalue weighted by atomic mass is 16.5. The van der Waals surface area contributed by atoms with Crippen LogP contribution in [0, 0.1) is 13.8 Å². The van der Waals surface area contributed by atoms with Crippen LogP contribution in [0.25, 0.3) is 0 Å². The van der Waals surface area contributed by atoms with Crippen LogP contribution in [0.15, 0.2) is 22.8 Å². The molecule has 0 atom stereocenters. The minimum absolute atomic E-state index is 0.0930. The lowest BCUT2D eigenvalue weighted by Crippen LogP contribution is -2.41. The van der Waals surface area contributed by atoms with Crippen molar-refractivity contribution < 1.29 is 18.7 Å². The van der Waals surface area contributed by atoms with Crippen LogP contribution in [0.5, 0.6) is 0 Å². The Balaban J connectivity index is 1.90. The van der Waals surface area contributed by atoms with Crippen LogP contribution in [0.2, 0.25) is 0 Å². The van der Waals surface area contributed by atoms with Crippen molar-refractivity contribution in [1.82, 2.24) is 9.88 Å². The van der Waals surface area contributed by atoms with Crippen LogP contribution in [0.3, 0.4) is 0 Å². The third-order valence-electron chi connectivity index (χ3n) is 5.41. The van der Waals surface area contributed by atoms with Gasteiger partial charge in [-0.15, -0.1) is 0 Å². The largest absolute Gasteiger partial charge is 0.461 e. The van der Waals surface area contributed by atoms with Crippen molar-refractivity contribution in [3.8, 4) is 0 Å². The van der Waals surface area contributed by atoms with E-state index in [1.165, 1.54) is 12.7 Å². The first-order chi connectivity index (χ1) is 13.0. The van der Waals surface area contributed by atoms with Gasteiger partial charge in [-0.05, 0) is 56.9 Å². The minimum Gasteiger partial charge on any atom is -0.461 e. The van der Waals surface area contributed by atoms with E-state index in [9.17, 15) is 9.59 Å². The van der Waals surface area contributed by atoms with Crippen molar-refractivity contribution in [3.63, 3.8) is 0 Å². The molecule has 1 N–H and O–H groups in total. The Kier molecular flexibility index (Phi) is 6.04. The first-order valence-electron chi connectivity index (χ1n) is 9.72. The monoisotopic (exact) mass is 372 g/mol. The molecule has 0 unspecified atom stereocenters. The summed E-state index contributed by atoms with van der Waals surface area (Å²) in [5.74, 6) is -0.0902.